The van der Waals surface area contributed by atoms with E-state index in [9.17, 15) is 0 Å². The van der Waals surface area contributed by atoms with E-state index in [1.54, 1.807) is 11.1 Å². The second-order valence-corrected chi connectivity index (χ2v) is 14.3. The lowest BCUT2D eigenvalue weighted by Crippen LogP contribution is -2.25. The number of fused-ring (bicyclic) bond motifs is 6. The predicted octanol–water partition coefficient (Wildman–Crippen LogP) is 14.2. The van der Waals surface area contributed by atoms with E-state index < -0.39 is 0 Å². The summed E-state index contributed by atoms with van der Waals surface area (Å²) in [5.74, 6) is 0. The van der Waals surface area contributed by atoms with Crippen LogP contribution < -0.4 is 0 Å². The fraction of sp³-hybridized carbons (Fsp3) is 0.467. The first-order chi connectivity index (χ1) is 22.6. The zero-order chi connectivity index (χ0) is 31.9. The molecule has 0 saturated carbocycles. The number of unbranched alkanes of at least 4 members (excludes halogenated alkanes) is 10. The monoisotopic (exact) mass is 611 g/mol. The molecule has 0 saturated heterocycles. The van der Waals surface area contributed by atoms with Crippen LogP contribution >= 0.6 is 0 Å². The zero-order valence-corrected chi connectivity index (χ0v) is 29.2. The Morgan fingerprint density at radius 3 is 1.80 bits per heavy atom. The van der Waals surface area contributed by atoms with Gasteiger partial charge in [-0.05, 0) is 83.8 Å². The number of benzene rings is 4. The first kappa shape index (κ1) is 32.6. The Balaban J connectivity index is 1.40. The van der Waals surface area contributed by atoms with Crippen molar-refractivity contribution in [3.8, 4) is 22.3 Å². The van der Waals surface area contributed by atoms with E-state index in [1.807, 2.05) is 0 Å². The largest absolute Gasteiger partial charge is 0.338 e. The average Bonchev–Trinajstić information content (AvgIpc) is 3.57. The van der Waals surface area contributed by atoms with Crippen molar-refractivity contribution in [2.45, 2.75) is 135 Å². The van der Waals surface area contributed by atoms with Gasteiger partial charge in [-0.15, -0.1) is 0 Å². The highest BCUT2D eigenvalue weighted by Crippen LogP contribution is 2.55. The molecule has 0 bridgehead atoms. The van der Waals surface area contributed by atoms with Gasteiger partial charge in [0.1, 0.15) is 0 Å². The van der Waals surface area contributed by atoms with Crippen molar-refractivity contribution < 1.29 is 0 Å². The van der Waals surface area contributed by atoms with E-state index in [4.69, 9.17) is 0 Å². The van der Waals surface area contributed by atoms with Gasteiger partial charge in [0.15, 0.2) is 0 Å². The van der Waals surface area contributed by atoms with Gasteiger partial charge in [0.25, 0.3) is 0 Å². The molecule has 1 unspecified atom stereocenters. The van der Waals surface area contributed by atoms with Gasteiger partial charge in [-0.3, -0.25) is 0 Å². The molecular formula is C45H57N. The number of nitrogens with zero attached hydrogens (tertiary/aromatic N) is 1. The third kappa shape index (κ3) is 6.32. The minimum absolute atomic E-state index is 0.119. The molecule has 1 heteroatoms. The summed E-state index contributed by atoms with van der Waals surface area (Å²) in [5.41, 5.74) is 11.7. The topological polar surface area (TPSA) is 4.93 Å². The maximum Gasteiger partial charge on any atom is 0.0494 e. The third-order valence-corrected chi connectivity index (χ3v) is 11.3. The first-order valence-electron chi connectivity index (χ1n) is 18.9. The van der Waals surface area contributed by atoms with Crippen molar-refractivity contribution in [3.05, 3.63) is 96.1 Å². The normalized spacial score (nSPS) is 14.2. The van der Waals surface area contributed by atoms with Crippen molar-refractivity contribution in [1.82, 2.24) is 4.57 Å². The standard InChI is InChI=1S/C45H57N/c1-5-8-10-12-14-20-30-45(31-21-15-13-11-9-6-2)41-24-18-16-22-37(41)38-28-26-36(33-42(38)45)35-27-29-44-40(32-35)39-23-17-19-25-43(39)46(44)34(4)7-3/h16-19,22-29,32-34H,5-15,20-21,30-31H2,1-4H3. The average molecular weight is 612 g/mol. The summed E-state index contributed by atoms with van der Waals surface area (Å²) in [5, 5.41) is 2.75. The number of rotatable bonds is 17. The van der Waals surface area contributed by atoms with Crippen LogP contribution in [0.5, 0.6) is 0 Å². The van der Waals surface area contributed by atoms with Crippen LogP contribution in [0.25, 0.3) is 44.1 Å². The minimum Gasteiger partial charge on any atom is -0.338 e. The number of aromatic nitrogens is 1. The van der Waals surface area contributed by atoms with E-state index >= 15 is 0 Å². The van der Waals surface area contributed by atoms with Crippen molar-refractivity contribution in [1.29, 1.82) is 0 Å². The van der Waals surface area contributed by atoms with E-state index in [0.717, 1.165) is 6.42 Å². The summed E-state index contributed by atoms with van der Waals surface area (Å²) >= 11 is 0. The van der Waals surface area contributed by atoms with Gasteiger partial charge in [0.05, 0.1) is 0 Å². The molecule has 1 aliphatic rings. The van der Waals surface area contributed by atoms with Crippen LogP contribution in [-0.4, -0.2) is 4.57 Å². The molecule has 0 amide bonds. The SMILES string of the molecule is CCCCCCCCC1(CCCCCCCC)c2ccccc2-c2ccc(-c3ccc4c(c3)c3ccccc3n4C(C)CC)cc21. The Bertz CT molecular complexity index is 1720. The minimum atomic E-state index is 0.119. The smallest absolute Gasteiger partial charge is 0.0494 e. The Morgan fingerprint density at radius 2 is 1.09 bits per heavy atom. The molecule has 1 heterocycles. The first-order valence-corrected chi connectivity index (χ1v) is 18.9. The van der Waals surface area contributed by atoms with Crippen molar-refractivity contribution in [2.75, 3.05) is 0 Å². The molecule has 46 heavy (non-hydrogen) atoms. The van der Waals surface area contributed by atoms with Gasteiger partial charge >= 0.3 is 0 Å². The molecule has 0 spiro atoms. The third-order valence-electron chi connectivity index (χ3n) is 11.3. The van der Waals surface area contributed by atoms with E-state index in [1.165, 1.54) is 134 Å². The maximum atomic E-state index is 2.61. The van der Waals surface area contributed by atoms with Crippen LogP contribution in [0.3, 0.4) is 0 Å². The van der Waals surface area contributed by atoms with Gasteiger partial charge in [-0.2, -0.15) is 0 Å². The van der Waals surface area contributed by atoms with Crippen LogP contribution in [0.1, 0.15) is 141 Å². The number of hydrogen-bond acceptors (Lipinski definition) is 0. The summed E-state index contributed by atoms with van der Waals surface area (Å²) in [4.78, 5) is 0. The molecule has 0 radical (unpaired) electrons. The lowest BCUT2D eigenvalue weighted by Gasteiger charge is -2.33. The zero-order valence-electron chi connectivity index (χ0n) is 29.2. The van der Waals surface area contributed by atoms with Crippen molar-refractivity contribution in [3.63, 3.8) is 0 Å². The van der Waals surface area contributed by atoms with Crippen LogP contribution in [0.15, 0.2) is 84.9 Å². The molecule has 0 fully saturated rings. The molecular weight excluding hydrogens is 555 g/mol. The predicted molar refractivity (Wildman–Crippen MR) is 202 cm³/mol. The Hall–Kier alpha value is -3.32. The lowest BCUT2D eigenvalue weighted by atomic mass is 9.70. The molecule has 6 rings (SSSR count). The molecule has 1 aliphatic carbocycles. The fourth-order valence-corrected chi connectivity index (χ4v) is 8.55. The van der Waals surface area contributed by atoms with Crippen LogP contribution in [0.2, 0.25) is 0 Å². The van der Waals surface area contributed by atoms with Crippen molar-refractivity contribution >= 4 is 21.8 Å². The van der Waals surface area contributed by atoms with Gasteiger partial charge in [0.2, 0.25) is 0 Å². The molecule has 0 N–H and O–H groups in total. The molecule has 1 nitrogen and oxygen atoms in total. The Kier molecular flexibility index (Phi) is 10.7. The maximum absolute atomic E-state index is 2.61. The highest BCUT2D eigenvalue weighted by Gasteiger charge is 2.42. The van der Waals surface area contributed by atoms with E-state index in [0.29, 0.717) is 6.04 Å². The summed E-state index contributed by atoms with van der Waals surface area (Å²) in [6.07, 6.45) is 19.9. The van der Waals surface area contributed by atoms with Gasteiger partial charge in [0, 0.05) is 33.3 Å². The number of hydrogen-bond donors (Lipinski definition) is 0. The van der Waals surface area contributed by atoms with Crippen molar-refractivity contribution in [2.24, 2.45) is 0 Å². The Morgan fingerprint density at radius 1 is 0.522 bits per heavy atom. The molecule has 242 valence electrons. The van der Waals surface area contributed by atoms with Crippen LogP contribution in [-0.2, 0) is 5.41 Å². The summed E-state index contributed by atoms with van der Waals surface area (Å²) in [7, 11) is 0. The quantitative estimate of drug-likeness (QED) is 0.0922. The summed E-state index contributed by atoms with van der Waals surface area (Å²) in [6.45, 7) is 9.29. The lowest BCUT2D eigenvalue weighted by molar-refractivity contribution is 0.398. The summed E-state index contributed by atoms with van der Waals surface area (Å²) < 4.78 is 2.56. The second kappa shape index (κ2) is 15.1. The van der Waals surface area contributed by atoms with Gasteiger partial charge in [-0.25, -0.2) is 0 Å². The molecule has 1 atom stereocenters. The fourth-order valence-electron chi connectivity index (χ4n) is 8.55. The van der Waals surface area contributed by atoms with Crippen LogP contribution in [0, 0.1) is 0 Å². The molecule has 5 aromatic rings. The van der Waals surface area contributed by atoms with Gasteiger partial charge < -0.3 is 4.57 Å². The molecule has 0 aliphatic heterocycles. The summed E-state index contributed by atoms with van der Waals surface area (Å²) in [6, 6.07) is 33.6. The molecule has 1 aromatic heterocycles. The highest BCUT2D eigenvalue weighted by atomic mass is 15.0. The highest BCUT2D eigenvalue weighted by molar-refractivity contribution is 6.09. The number of para-hydroxylation sites is 1. The van der Waals surface area contributed by atoms with Crippen LogP contribution in [0.4, 0.5) is 0 Å². The van der Waals surface area contributed by atoms with E-state index in [2.05, 4.69) is 117 Å². The Labute approximate surface area is 279 Å². The van der Waals surface area contributed by atoms with Gasteiger partial charge in [-0.1, -0.05) is 158 Å². The molecule has 4 aromatic carbocycles. The second-order valence-electron chi connectivity index (χ2n) is 14.3. The van der Waals surface area contributed by atoms with E-state index in [-0.39, 0.29) is 5.41 Å².